The van der Waals surface area contributed by atoms with Crippen molar-refractivity contribution in [3.8, 4) is 0 Å². The summed E-state index contributed by atoms with van der Waals surface area (Å²) < 4.78 is 6.81. The normalized spacial score (nSPS) is 13.2. The van der Waals surface area contributed by atoms with Gasteiger partial charge in [-0.15, -0.1) is 0 Å². The van der Waals surface area contributed by atoms with Crippen LogP contribution in [0.4, 0.5) is 0 Å². The molecule has 1 aromatic rings. The van der Waals surface area contributed by atoms with Crippen molar-refractivity contribution in [2.75, 3.05) is 13.7 Å². The van der Waals surface area contributed by atoms with Gasteiger partial charge in [-0.2, -0.15) is 5.10 Å². The summed E-state index contributed by atoms with van der Waals surface area (Å²) in [6.45, 7) is 3.53. The molecule has 0 aliphatic carbocycles. The van der Waals surface area contributed by atoms with Crippen LogP contribution in [0.5, 0.6) is 0 Å². The zero-order chi connectivity index (χ0) is 9.68. The van der Waals surface area contributed by atoms with Crippen molar-refractivity contribution in [3.63, 3.8) is 0 Å². The van der Waals surface area contributed by atoms with Crippen LogP contribution in [-0.2, 0) is 11.3 Å². The number of aromatic nitrogens is 2. The Hall–Kier alpha value is -0.870. The lowest BCUT2D eigenvalue weighted by atomic mass is 10.1. The lowest BCUT2D eigenvalue weighted by Gasteiger charge is -2.03. The summed E-state index contributed by atoms with van der Waals surface area (Å²) in [5.74, 6) is 0. The predicted molar refractivity (Wildman–Crippen MR) is 51.3 cm³/mol. The first-order valence-corrected chi connectivity index (χ1v) is 4.54. The van der Waals surface area contributed by atoms with Gasteiger partial charge in [0.2, 0.25) is 0 Å². The fourth-order valence-electron chi connectivity index (χ4n) is 1.11. The molecule has 2 N–H and O–H groups in total. The molecule has 1 aromatic heterocycles. The van der Waals surface area contributed by atoms with Crippen molar-refractivity contribution in [3.05, 3.63) is 18.0 Å². The van der Waals surface area contributed by atoms with Crippen molar-refractivity contribution in [2.45, 2.75) is 25.9 Å². The molecule has 0 amide bonds. The molecule has 0 bridgehead atoms. The van der Waals surface area contributed by atoms with Gasteiger partial charge in [0.05, 0.1) is 19.3 Å². The Morgan fingerprint density at radius 2 is 2.46 bits per heavy atom. The fraction of sp³-hybridized carbons (Fsp3) is 0.667. The minimum atomic E-state index is 0.108. The molecule has 0 saturated heterocycles. The highest BCUT2D eigenvalue weighted by molar-refractivity contribution is 5.08. The smallest absolute Gasteiger partial charge is 0.0658 e. The van der Waals surface area contributed by atoms with E-state index in [2.05, 4.69) is 12.0 Å². The van der Waals surface area contributed by atoms with Crippen LogP contribution in [0.25, 0.3) is 0 Å². The van der Waals surface area contributed by atoms with Gasteiger partial charge in [-0.05, 0) is 6.42 Å². The number of ether oxygens (including phenoxy) is 1. The average Bonchev–Trinajstić information content (AvgIpc) is 2.62. The van der Waals surface area contributed by atoms with E-state index in [0.29, 0.717) is 6.61 Å². The molecule has 13 heavy (non-hydrogen) atoms. The van der Waals surface area contributed by atoms with Gasteiger partial charge < -0.3 is 10.5 Å². The van der Waals surface area contributed by atoms with Gasteiger partial charge in [0, 0.05) is 24.9 Å². The van der Waals surface area contributed by atoms with Crippen LogP contribution < -0.4 is 5.73 Å². The van der Waals surface area contributed by atoms with E-state index in [1.807, 2.05) is 17.1 Å². The van der Waals surface area contributed by atoms with Gasteiger partial charge >= 0.3 is 0 Å². The van der Waals surface area contributed by atoms with Crippen molar-refractivity contribution >= 4 is 0 Å². The summed E-state index contributed by atoms with van der Waals surface area (Å²) in [4.78, 5) is 0. The Labute approximate surface area is 78.7 Å². The van der Waals surface area contributed by atoms with Gasteiger partial charge in [0.15, 0.2) is 0 Å². The van der Waals surface area contributed by atoms with E-state index in [4.69, 9.17) is 10.5 Å². The summed E-state index contributed by atoms with van der Waals surface area (Å²) in [6, 6.07) is 0.108. The number of nitrogens with zero attached hydrogens (tertiary/aromatic N) is 2. The highest BCUT2D eigenvalue weighted by Gasteiger charge is 2.05. The third kappa shape index (κ3) is 2.82. The topological polar surface area (TPSA) is 53.1 Å². The lowest BCUT2D eigenvalue weighted by molar-refractivity contribution is 0.183. The molecule has 1 rings (SSSR count). The molecule has 0 fully saturated rings. The van der Waals surface area contributed by atoms with Crippen LogP contribution in [0.1, 0.15) is 24.9 Å². The van der Waals surface area contributed by atoms with Gasteiger partial charge in [0.25, 0.3) is 0 Å². The summed E-state index contributed by atoms with van der Waals surface area (Å²) in [5.41, 5.74) is 6.95. The first-order valence-electron chi connectivity index (χ1n) is 4.54. The summed E-state index contributed by atoms with van der Waals surface area (Å²) in [7, 11) is 1.68. The van der Waals surface area contributed by atoms with Crippen molar-refractivity contribution < 1.29 is 4.74 Å². The lowest BCUT2D eigenvalue weighted by Crippen LogP contribution is -2.08. The number of hydrogen-bond acceptors (Lipinski definition) is 3. The molecular formula is C9H17N3O. The predicted octanol–water partition coefficient (Wildman–Crippen LogP) is 0.939. The Morgan fingerprint density at radius 3 is 3.08 bits per heavy atom. The van der Waals surface area contributed by atoms with Crippen molar-refractivity contribution in [1.29, 1.82) is 0 Å². The molecule has 1 heterocycles. The van der Waals surface area contributed by atoms with Gasteiger partial charge in [-0.25, -0.2) is 0 Å². The van der Waals surface area contributed by atoms with Crippen LogP contribution in [0.15, 0.2) is 12.4 Å². The second kappa shape index (κ2) is 4.99. The molecule has 4 heteroatoms. The molecular weight excluding hydrogens is 166 g/mol. The molecule has 1 unspecified atom stereocenters. The zero-order valence-corrected chi connectivity index (χ0v) is 8.23. The third-order valence-corrected chi connectivity index (χ3v) is 2.05. The second-order valence-electron chi connectivity index (χ2n) is 3.04. The number of nitrogens with two attached hydrogens (primary N) is 1. The average molecular weight is 183 g/mol. The van der Waals surface area contributed by atoms with E-state index >= 15 is 0 Å². The molecule has 0 saturated carbocycles. The van der Waals surface area contributed by atoms with Crippen LogP contribution in [0.2, 0.25) is 0 Å². The quantitative estimate of drug-likeness (QED) is 0.739. The largest absolute Gasteiger partial charge is 0.383 e. The van der Waals surface area contributed by atoms with E-state index in [9.17, 15) is 0 Å². The maximum absolute atomic E-state index is 5.85. The van der Waals surface area contributed by atoms with Gasteiger partial charge in [0.1, 0.15) is 0 Å². The van der Waals surface area contributed by atoms with Crippen molar-refractivity contribution in [2.24, 2.45) is 5.73 Å². The molecule has 1 atom stereocenters. The van der Waals surface area contributed by atoms with E-state index in [0.717, 1.165) is 18.5 Å². The van der Waals surface area contributed by atoms with E-state index in [1.54, 1.807) is 7.11 Å². The summed E-state index contributed by atoms with van der Waals surface area (Å²) in [6.07, 6.45) is 4.74. The van der Waals surface area contributed by atoms with Crippen LogP contribution >= 0.6 is 0 Å². The molecule has 0 aliphatic rings. The fourth-order valence-corrected chi connectivity index (χ4v) is 1.11. The van der Waals surface area contributed by atoms with Crippen LogP contribution in [0.3, 0.4) is 0 Å². The SMILES string of the molecule is CCC(N)c1cnn(CCOC)c1. The van der Waals surface area contributed by atoms with E-state index in [-0.39, 0.29) is 6.04 Å². The van der Waals surface area contributed by atoms with E-state index < -0.39 is 0 Å². The Morgan fingerprint density at radius 1 is 1.69 bits per heavy atom. The Balaban J connectivity index is 2.53. The minimum Gasteiger partial charge on any atom is -0.383 e. The Kier molecular flexibility index (Phi) is 3.92. The number of rotatable bonds is 5. The molecule has 0 aromatic carbocycles. The first kappa shape index (κ1) is 10.2. The molecule has 0 aliphatic heterocycles. The van der Waals surface area contributed by atoms with Gasteiger partial charge in [-0.1, -0.05) is 6.92 Å². The van der Waals surface area contributed by atoms with Crippen molar-refractivity contribution in [1.82, 2.24) is 9.78 Å². The number of hydrogen-bond donors (Lipinski definition) is 1. The third-order valence-electron chi connectivity index (χ3n) is 2.05. The number of methoxy groups -OCH3 is 1. The maximum Gasteiger partial charge on any atom is 0.0658 e. The highest BCUT2D eigenvalue weighted by atomic mass is 16.5. The van der Waals surface area contributed by atoms with E-state index in [1.165, 1.54) is 0 Å². The maximum atomic E-state index is 5.85. The summed E-state index contributed by atoms with van der Waals surface area (Å²) >= 11 is 0. The van der Waals surface area contributed by atoms with Crippen LogP contribution in [-0.4, -0.2) is 23.5 Å². The first-order chi connectivity index (χ1) is 6.27. The molecule has 0 radical (unpaired) electrons. The zero-order valence-electron chi connectivity index (χ0n) is 8.23. The monoisotopic (exact) mass is 183 g/mol. The highest BCUT2D eigenvalue weighted by Crippen LogP contribution is 2.11. The molecule has 0 spiro atoms. The van der Waals surface area contributed by atoms with Crippen LogP contribution in [0, 0.1) is 0 Å². The minimum absolute atomic E-state index is 0.108. The molecule has 74 valence electrons. The van der Waals surface area contributed by atoms with Gasteiger partial charge in [-0.3, -0.25) is 4.68 Å². The second-order valence-corrected chi connectivity index (χ2v) is 3.04. The molecule has 4 nitrogen and oxygen atoms in total. The standard InChI is InChI=1S/C9H17N3O/c1-3-9(10)8-6-11-12(7-8)4-5-13-2/h6-7,9H,3-5,10H2,1-2H3. The Bertz CT molecular complexity index is 247. The summed E-state index contributed by atoms with van der Waals surface area (Å²) in [5, 5.41) is 4.18.